The largest absolute Gasteiger partial charge is 0.352 e. The minimum absolute atomic E-state index is 0.00968. The maximum absolute atomic E-state index is 11.0. The second kappa shape index (κ2) is 5.99. The number of rotatable bonds is 5. The van der Waals surface area contributed by atoms with Crippen LogP contribution in [0.1, 0.15) is 18.4 Å². The van der Waals surface area contributed by atoms with E-state index in [-0.39, 0.29) is 17.6 Å². The zero-order valence-corrected chi connectivity index (χ0v) is 10.9. The van der Waals surface area contributed by atoms with Gasteiger partial charge < -0.3 is 10.6 Å². The Hall–Kier alpha value is -1.66. The van der Waals surface area contributed by atoms with Crippen LogP contribution in [0.3, 0.4) is 0 Å². The molecule has 1 fully saturated rings. The first-order chi connectivity index (χ1) is 9.06. The number of nitro groups is 1. The van der Waals surface area contributed by atoms with Crippen molar-refractivity contribution in [1.29, 1.82) is 0 Å². The van der Waals surface area contributed by atoms with Gasteiger partial charge in [-0.25, -0.2) is 0 Å². The zero-order chi connectivity index (χ0) is 13.8. The van der Waals surface area contributed by atoms with E-state index in [4.69, 9.17) is 11.6 Å². The van der Waals surface area contributed by atoms with Crippen molar-refractivity contribution in [3.63, 3.8) is 0 Å². The first-order valence-electron chi connectivity index (χ1n) is 5.99. The van der Waals surface area contributed by atoms with Crippen molar-refractivity contribution in [3.05, 3.63) is 38.9 Å². The van der Waals surface area contributed by atoms with Gasteiger partial charge in [-0.2, -0.15) is 0 Å². The molecule has 1 amide bonds. The Balaban J connectivity index is 1.92. The summed E-state index contributed by atoms with van der Waals surface area (Å²) in [6, 6.07) is 4.72. The second-order valence-corrected chi connectivity index (χ2v) is 4.90. The number of nitro benzene ring substituents is 1. The molecule has 1 unspecified atom stereocenters. The molecule has 2 rings (SSSR count). The molecule has 19 heavy (non-hydrogen) atoms. The van der Waals surface area contributed by atoms with Crippen molar-refractivity contribution in [2.75, 3.05) is 6.54 Å². The van der Waals surface area contributed by atoms with Crippen molar-refractivity contribution < 1.29 is 9.72 Å². The summed E-state index contributed by atoms with van der Waals surface area (Å²) < 4.78 is 0. The Morgan fingerprint density at radius 3 is 2.95 bits per heavy atom. The van der Waals surface area contributed by atoms with Crippen molar-refractivity contribution in [2.45, 2.75) is 25.4 Å². The molecule has 0 spiro atoms. The smallest absolute Gasteiger partial charge is 0.275 e. The van der Waals surface area contributed by atoms with Crippen molar-refractivity contribution in [1.82, 2.24) is 10.6 Å². The van der Waals surface area contributed by atoms with E-state index in [9.17, 15) is 14.9 Å². The minimum Gasteiger partial charge on any atom is -0.352 e. The Morgan fingerprint density at radius 2 is 2.32 bits per heavy atom. The summed E-state index contributed by atoms with van der Waals surface area (Å²) in [7, 11) is 0. The lowest BCUT2D eigenvalue weighted by molar-refractivity contribution is -0.385. The van der Waals surface area contributed by atoms with E-state index in [1.165, 1.54) is 6.07 Å². The van der Waals surface area contributed by atoms with Crippen LogP contribution in [0.25, 0.3) is 0 Å². The van der Waals surface area contributed by atoms with E-state index in [2.05, 4.69) is 10.6 Å². The van der Waals surface area contributed by atoms with Crippen LogP contribution in [0.5, 0.6) is 0 Å². The highest BCUT2D eigenvalue weighted by atomic mass is 35.5. The number of nitrogens with zero attached hydrogens (tertiary/aromatic N) is 1. The Bertz CT molecular complexity index is 507. The zero-order valence-electron chi connectivity index (χ0n) is 10.2. The molecular weight excluding hydrogens is 270 g/mol. The second-order valence-electron chi connectivity index (χ2n) is 4.46. The Labute approximate surface area is 115 Å². The van der Waals surface area contributed by atoms with Crippen molar-refractivity contribution in [3.8, 4) is 0 Å². The van der Waals surface area contributed by atoms with Gasteiger partial charge in [0, 0.05) is 42.2 Å². The molecule has 1 aliphatic rings. The molecule has 7 heteroatoms. The molecule has 1 aromatic rings. The topological polar surface area (TPSA) is 84.3 Å². The number of halogens is 1. The molecule has 0 radical (unpaired) electrons. The van der Waals surface area contributed by atoms with Crippen molar-refractivity contribution >= 4 is 23.2 Å². The third kappa shape index (κ3) is 3.65. The van der Waals surface area contributed by atoms with Gasteiger partial charge >= 0.3 is 0 Å². The third-order valence-electron chi connectivity index (χ3n) is 3.04. The molecule has 102 valence electrons. The molecule has 1 aliphatic heterocycles. The van der Waals surface area contributed by atoms with Gasteiger partial charge in [0.2, 0.25) is 5.91 Å². The van der Waals surface area contributed by atoms with Gasteiger partial charge in [0.1, 0.15) is 0 Å². The van der Waals surface area contributed by atoms with Gasteiger partial charge in [0.05, 0.1) is 4.92 Å². The number of benzene rings is 1. The molecule has 2 N–H and O–H groups in total. The summed E-state index contributed by atoms with van der Waals surface area (Å²) in [5.74, 6) is 0.0595. The molecular formula is C12H14ClN3O3. The van der Waals surface area contributed by atoms with Crippen LogP contribution >= 0.6 is 11.6 Å². The van der Waals surface area contributed by atoms with E-state index in [1.807, 2.05) is 0 Å². The van der Waals surface area contributed by atoms with E-state index in [0.29, 0.717) is 30.1 Å². The molecule has 0 saturated carbocycles. The molecule has 0 bridgehead atoms. The normalized spacial score (nSPS) is 18.4. The quantitative estimate of drug-likeness (QED) is 0.635. The molecule has 1 atom stereocenters. The van der Waals surface area contributed by atoms with Gasteiger partial charge in [0.25, 0.3) is 5.69 Å². The summed E-state index contributed by atoms with van der Waals surface area (Å²) >= 11 is 5.74. The van der Waals surface area contributed by atoms with E-state index >= 15 is 0 Å². The summed E-state index contributed by atoms with van der Waals surface area (Å²) in [4.78, 5) is 21.5. The standard InChI is InChI=1S/C12H14ClN3O3/c13-9-2-1-8(11(5-9)16(18)19)6-14-7-10-3-4-12(17)15-10/h1-2,5,10,14H,3-4,6-7H2,(H,15,17). The summed E-state index contributed by atoms with van der Waals surface area (Å²) in [6.45, 7) is 0.978. The number of carbonyl (C=O) groups excluding carboxylic acids is 1. The molecule has 0 aromatic heterocycles. The van der Waals surface area contributed by atoms with Crippen LogP contribution in [0, 0.1) is 10.1 Å². The van der Waals surface area contributed by atoms with Crippen LogP contribution in [-0.4, -0.2) is 23.4 Å². The maximum atomic E-state index is 11.0. The lowest BCUT2D eigenvalue weighted by atomic mass is 10.1. The number of hydrogen-bond donors (Lipinski definition) is 2. The molecule has 6 nitrogen and oxygen atoms in total. The monoisotopic (exact) mass is 283 g/mol. The van der Waals surface area contributed by atoms with Gasteiger partial charge in [-0.05, 0) is 18.6 Å². The van der Waals surface area contributed by atoms with E-state index in [1.54, 1.807) is 12.1 Å². The predicted molar refractivity (Wildman–Crippen MR) is 71.0 cm³/mol. The highest BCUT2D eigenvalue weighted by Crippen LogP contribution is 2.23. The number of hydrogen-bond acceptors (Lipinski definition) is 4. The van der Waals surface area contributed by atoms with Crippen LogP contribution in [0.2, 0.25) is 5.02 Å². The fourth-order valence-electron chi connectivity index (χ4n) is 2.07. The minimum atomic E-state index is -0.444. The van der Waals surface area contributed by atoms with Crippen molar-refractivity contribution in [2.24, 2.45) is 0 Å². The highest BCUT2D eigenvalue weighted by Gasteiger charge is 2.20. The summed E-state index contributed by atoms with van der Waals surface area (Å²) in [6.07, 6.45) is 1.35. The van der Waals surface area contributed by atoms with Crippen LogP contribution in [-0.2, 0) is 11.3 Å². The molecule has 0 aliphatic carbocycles. The van der Waals surface area contributed by atoms with Crippen LogP contribution in [0.4, 0.5) is 5.69 Å². The lowest BCUT2D eigenvalue weighted by Gasteiger charge is -2.11. The SMILES string of the molecule is O=C1CCC(CNCc2ccc(Cl)cc2[N+](=O)[O-])N1. The number of amides is 1. The van der Waals surface area contributed by atoms with Gasteiger partial charge in [-0.15, -0.1) is 0 Å². The number of nitrogens with one attached hydrogen (secondary N) is 2. The average Bonchev–Trinajstić information content (AvgIpc) is 2.77. The lowest BCUT2D eigenvalue weighted by Crippen LogP contribution is -2.35. The predicted octanol–water partition coefficient (Wildman–Crippen LogP) is 1.62. The third-order valence-corrected chi connectivity index (χ3v) is 3.27. The summed E-state index contributed by atoms with van der Waals surface area (Å²) in [5, 5.41) is 17.2. The van der Waals surface area contributed by atoms with Gasteiger partial charge in [0.15, 0.2) is 0 Å². The highest BCUT2D eigenvalue weighted by molar-refractivity contribution is 6.30. The first-order valence-corrected chi connectivity index (χ1v) is 6.37. The van der Waals surface area contributed by atoms with E-state index in [0.717, 1.165) is 6.42 Å². The molecule has 1 heterocycles. The average molecular weight is 284 g/mol. The summed E-state index contributed by atoms with van der Waals surface area (Å²) in [5.41, 5.74) is 0.592. The molecule has 1 aromatic carbocycles. The van der Waals surface area contributed by atoms with Gasteiger partial charge in [-0.3, -0.25) is 14.9 Å². The Morgan fingerprint density at radius 1 is 1.53 bits per heavy atom. The van der Waals surface area contributed by atoms with E-state index < -0.39 is 4.92 Å². The maximum Gasteiger partial charge on any atom is 0.275 e. The van der Waals surface area contributed by atoms with Gasteiger partial charge in [-0.1, -0.05) is 11.6 Å². The Kier molecular flexibility index (Phi) is 4.34. The van der Waals surface area contributed by atoms with Crippen LogP contribution in [0.15, 0.2) is 18.2 Å². The molecule has 1 saturated heterocycles. The van der Waals surface area contributed by atoms with Crippen LogP contribution < -0.4 is 10.6 Å². The number of carbonyl (C=O) groups is 1. The fraction of sp³-hybridized carbons (Fsp3) is 0.417. The fourth-order valence-corrected chi connectivity index (χ4v) is 2.23. The first kappa shape index (κ1) is 13.8.